The van der Waals surface area contributed by atoms with Crippen LogP contribution >= 0.6 is 0 Å². The summed E-state index contributed by atoms with van der Waals surface area (Å²) in [5, 5.41) is 19.6. The van der Waals surface area contributed by atoms with Gasteiger partial charge in [-0.2, -0.15) is 0 Å². The highest BCUT2D eigenvalue weighted by molar-refractivity contribution is 6.19. The summed E-state index contributed by atoms with van der Waals surface area (Å²) in [4.78, 5) is 28.5. The number of aryl methyl sites for hydroxylation is 1. The second-order valence-corrected chi connectivity index (χ2v) is 7.57. The number of phenolic OH excluding ortho intramolecular Hbond substituents is 1. The summed E-state index contributed by atoms with van der Waals surface area (Å²) in [6, 6.07) is 10.8. The van der Waals surface area contributed by atoms with Gasteiger partial charge >= 0.3 is 0 Å². The minimum Gasteiger partial charge on any atom is -0.506 e. The van der Waals surface area contributed by atoms with Gasteiger partial charge in [-0.05, 0) is 56.4 Å². The number of carbonyl (C=O) groups is 2. The minimum atomic E-state index is -0.211. The van der Waals surface area contributed by atoms with Crippen LogP contribution in [0, 0.1) is 6.92 Å². The summed E-state index contributed by atoms with van der Waals surface area (Å²) in [7, 11) is 0. The van der Waals surface area contributed by atoms with E-state index in [0.29, 0.717) is 46.3 Å². The fraction of sp³-hybridized carbons (Fsp3) is 0.273. The summed E-state index contributed by atoms with van der Waals surface area (Å²) >= 11 is 0. The number of amides is 2. The maximum Gasteiger partial charge on any atom is 0.257 e. The summed E-state index contributed by atoms with van der Waals surface area (Å²) in [6.45, 7) is 1.97. The molecule has 0 saturated carbocycles. The van der Waals surface area contributed by atoms with Gasteiger partial charge in [0.05, 0.1) is 6.54 Å². The van der Waals surface area contributed by atoms with E-state index in [4.69, 9.17) is 0 Å². The fourth-order valence-corrected chi connectivity index (χ4v) is 4.20. The number of hydrogen-bond acceptors (Lipinski definition) is 5. The standard InChI is InChI=1S/C22H20N4O3/c1-13-10-11-19(27)20(26-23-17-8-4-5-9-18(17)24-26)16(13)12-25-21(28)14-6-2-3-7-15(14)22(25)29/h4-5,8-11,27H,2-3,6-7,12H2,1H3. The second-order valence-electron chi connectivity index (χ2n) is 7.57. The third kappa shape index (κ3) is 2.73. The van der Waals surface area contributed by atoms with E-state index >= 15 is 0 Å². The second kappa shape index (κ2) is 6.55. The van der Waals surface area contributed by atoms with Crippen LogP contribution in [0.25, 0.3) is 16.7 Å². The molecule has 0 spiro atoms. The molecule has 0 radical (unpaired) electrons. The van der Waals surface area contributed by atoms with E-state index in [0.717, 1.165) is 18.4 Å². The molecule has 0 fully saturated rings. The molecule has 7 heteroatoms. The molecule has 0 saturated heterocycles. The highest BCUT2D eigenvalue weighted by atomic mass is 16.3. The van der Waals surface area contributed by atoms with Gasteiger partial charge in [0.15, 0.2) is 0 Å². The Morgan fingerprint density at radius 3 is 2.10 bits per heavy atom. The number of aromatic hydroxyl groups is 1. The van der Waals surface area contributed by atoms with E-state index in [1.54, 1.807) is 12.1 Å². The van der Waals surface area contributed by atoms with Gasteiger partial charge in [-0.15, -0.1) is 15.0 Å². The molecular formula is C22H20N4O3. The monoisotopic (exact) mass is 388 g/mol. The first-order chi connectivity index (χ1) is 14.0. The Morgan fingerprint density at radius 1 is 0.931 bits per heavy atom. The minimum absolute atomic E-state index is 0.00252. The van der Waals surface area contributed by atoms with Gasteiger partial charge in [-0.3, -0.25) is 14.5 Å². The van der Waals surface area contributed by atoms with Crippen LogP contribution in [0.3, 0.4) is 0 Å². The molecule has 3 aromatic rings. The van der Waals surface area contributed by atoms with Gasteiger partial charge in [-0.25, -0.2) is 0 Å². The SMILES string of the molecule is Cc1ccc(O)c(-n2nc3ccccc3n2)c1CN1C(=O)C2=C(CCCC2)C1=O. The predicted molar refractivity (Wildman–Crippen MR) is 106 cm³/mol. The van der Waals surface area contributed by atoms with Crippen molar-refractivity contribution in [1.29, 1.82) is 0 Å². The van der Waals surface area contributed by atoms with Crippen molar-refractivity contribution in [3.05, 3.63) is 58.7 Å². The smallest absolute Gasteiger partial charge is 0.257 e. The van der Waals surface area contributed by atoms with E-state index in [9.17, 15) is 14.7 Å². The average Bonchev–Trinajstić information content (AvgIpc) is 3.26. The van der Waals surface area contributed by atoms with Gasteiger partial charge in [0, 0.05) is 16.7 Å². The molecule has 0 bridgehead atoms. The Balaban J connectivity index is 1.58. The van der Waals surface area contributed by atoms with Crippen LogP contribution in [0.1, 0.15) is 36.8 Å². The molecule has 5 rings (SSSR count). The first-order valence-corrected chi connectivity index (χ1v) is 9.76. The van der Waals surface area contributed by atoms with Crippen molar-refractivity contribution in [1.82, 2.24) is 19.9 Å². The van der Waals surface area contributed by atoms with Crippen LogP contribution in [0.15, 0.2) is 47.5 Å². The molecule has 1 aliphatic heterocycles. The van der Waals surface area contributed by atoms with E-state index in [1.165, 1.54) is 9.70 Å². The van der Waals surface area contributed by atoms with Gasteiger partial charge < -0.3 is 5.11 Å². The molecule has 2 amide bonds. The number of rotatable bonds is 3. The first kappa shape index (κ1) is 17.6. The quantitative estimate of drug-likeness (QED) is 0.696. The van der Waals surface area contributed by atoms with Crippen molar-refractivity contribution >= 4 is 22.8 Å². The summed E-state index contributed by atoms with van der Waals surface area (Å²) in [6.07, 6.45) is 3.19. The Bertz CT molecular complexity index is 1150. The van der Waals surface area contributed by atoms with Crippen LogP contribution in [-0.2, 0) is 16.1 Å². The average molecular weight is 388 g/mol. The molecule has 7 nitrogen and oxygen atoms in total. The summed E-state index contributed by atoms with van der Waals surface area (Å²) in [5.41, 5.74) is 4.62. The van der Waals surface area contributed by atoms with Crippen molar-refractivity contribution in [3.63, 3.8) is 0 Å². The van der Waals surface area contributed by atoms with Crippen molar-refractivity contribution in [2.24, 2.45) is 0 Å². The van der Waals surface area contributed by atoms with Crippen molar-refractivity contribution in [2.75, 3.05) is 0 Å². The number of aromatic nitrogens is 3. The normalized spacial score (nSPS) is 16.8. The van der Waals surface area contributed by atoms with Gasteiger partial charge in [-0.1, -0.05) is 18.2 Å². The lowest BCUT2D eigenvalue weighted by Gasteiger charge is -2.19. The van der Waals surface area contributed by atoms with Crippen LogP contribution in [0.4, 0.5) is 0 Å². The lowest BCUT2D eigenvalue weighted by Crippen LogP contribution is -2.32. The molecule has 2 aliphatic rings. The lowest BCUT2D eigenvalue weighted by atomic mass is 9.93. The zero-order valence-electron chi connectivity index (χ0n) is 16.1. The molecule has 1 aromatic heterocycles. The van der Waals surface area contributed by atoms with Crippen molar-refractivity contribution < 1.29 is 14.7 Å². The number of benzene rings is 2. The number of fused-ring (bicyclic) bond motifs is 1. The highest BCUT2D eigenvalue weighted by Crippen LogP contribution is 2.36. The molecule has 2 aromatic carbocycles. The maximum absolute atomic E-state index is 12.9. The van der Waals surface area contributed by atoms with Crippen LogP contribution in [0.5, 0.6) is 5.75 Å². The fourth-order valence-electron chi connectivity index (χ4n) is 4.20. The zero-order chi connectivity index (χ0) is 20.1. The lowest BCUT2D eigenvalue weighted by molar-refractivity contribution is -0.138. The number of carbonyl (C=O) groups excluding carboxylic acids is 2. The van der Waals surface area contributed by atoms with Gasteiger partial charge in [0.2, 0.25) is 0 Å². The third-order valence-electron chi connectivity index (χ3n) is 5.77. The molecular weight excluding hydrogens is 368 g/mol. The van der Waals surface area contributed by atoms with Crippen LogP contribution in [0.2, 0.25) is 0 Å². The topological polar surface area (TPSA) is 88.3 Å². The van der Waals surface area contributed by atoms with Crippen LogP contribution in [-0.4, -0.2) is 36.8 Å². The zero-order valence-corrected chi connectivity index (χ0v) is 16.1. The summed E-state index contributed by atoms with van der Waals surface area (Å²) in [5.74, 6) is -0.420. The summed E-state index contributed by atoms with van der Waals surface area (Å²) < 4.78 is 0. The van der Waals surface area contributed by atoms with Gasteiger partial charge in [0.25, 0.3) is 11.8 Å². The molecule has 146 valence electrons. The highest BCUT2D eigenvalue weighted by Gasteiger charge is 2.39. The molecule has 29 heavy (non-hydrogen) atoms. The van der Waals surface area contributed by atoms with Crippen LogP contribution < -0.4 is 0 Å². The molecule has 1 N–H and O–H groups in total. The van der Waals surface area contributed by atoms with E-state index in [2.05, 4.69) is 10.2 Å². The predicted octanol–water partition coefficient (Wildman–Crippen LogP) is 3.17. The number of hydrogen-bond donors (Lipinski definition) is 1. The molecule has 0 atom stereocenters. The molecule has 2 heterocycles. The van der Waals surface area contributed by atoms with E-state index in [1.807, 2.05) is 31.2 Å². The third-order valence-corrected chi connectivity index (χ3v) is 5.77. The number of imide groups is 1. The molecule has 0 unspecified atom stereocenters. The Kier molecular flexibility index (Phi) is 3.97. The number of nitrogens with zero attached hydrogens (tertiary/aromatic N) is 4. The van der Waals surface area contributed by atoms with E-state index < -0.39 is 0 Å². The van der Waals surface area contributed by atoms with E-state index in [-0.39, 0.29) is 24.1 Å². The molecule has 1 aliphatic carbocycles. The van der Waals surface area contributed by atoms with Crippen molar-refractivity contribution in [2.45, 2.75) is 39.2 Å². The van der Waals surface area contributed by atoms with Gasteiger partial charge in [0.1, 0.15) is 22.5 Å². The van der Waals surface area contributed by atoms with Crippen molar-refractivity contribution in [3.8, 4) is 11.4 Å². The Labute approximate surface area is 167 Å². The largest absolute Gasteiger partial charge is 0.506 e. The Hall–Kier alpha value is -3.48. The maximum atomic E-state index is 12.9. The Morgan fingerprint density at radius 2 is 1.52 bits per heavy atom. The number of phenols is 1. The first-order valence-electron chi connectivity index (χ1n) is 9.76.